The normalized spacial score (nSPS) is 12.8. The summed E-state index contributed by atoms with van der Waals surface area (Å²) in [5.41, 5.74) is 24.4. The van der Waals surface area contributed by atoms with Crippen LogP contribution in [0.3, 0.4) is 0 Å². The van der Waals surface area contributed by atoms with E-state index in [9.17, 15) is 0 Å². The molecular formula is C68H45BN6. The van der Waals surface area contributed by atoms with E-state index in [4.69, 9.17) is 9.97 Å². The van der Waals surface area contributed by atoms with E-state index in [0.717, 1.165) is 67.3 Å². The smallest absolute Gasteiger partial charge is 0.252 e. The van der Waals surface area contributed by atoms with E-state index < -0.39 is 0 Å². The van der Waals surface area contributed by atoms with Crippen LogP contribution in [0.2, 0.25) is 0 Å². The highest BCUT2D eigenvalue weighted by Crippen LogP contribution is 2.46. The molecule has 6 nitrogen and oxygen atoms in total. The Morgan fingerprint density at radius 1 is 0.333 bits per heavy atom. The third-order valence-corrected chi connectivity index (χ3v) is 17.0. The number of fused-ring (bicyclic) bond motifs is 14. The third kappa shape index (κ3) is 5.19. The molecule has 0 unspecified atom stereocenters. The second-order valence-electron chi connectivity index (χ2n) is 21.0. The monoisotopic (exact) mass is 956 g/mol. The maximum Gasteiger partial charge on any atom is 0.252 e. The molecule has 0 amide bonds. The van der Waals surface area contributed by atoms with Gasteiger partial charge in [0, 0.05) is 44.0 Å². The zero-order chi connectivity index (χ0) is 49.5. The van der Waals surface area contributed by atoms with E-state index >= 15 is 0 Å². The van der Waals surface area contributed by atoms with Crippen LogP contribution in [0, 0.1) is 27.7 Å². The van der Waals surface area contributed by atoms with E-state index in [2.05, 4.69) is 246 Å². The fourth-order valence-corrected chi connectivity index (χ4v) is 14.0. The van der Waals surface area contributed by atoms with Crippen LogP contribution in [0.5, 0.6) is 0 Å². The Morgan fingerprint density at radius 3 is 1.16 bits per heavy atom. The number of para-hydroxylation sites is 4. The van der Waals surface area contributed by atoms with Gasteiger partial charge < -0.3 is 9.13 Å². The Morgan fingerprint density at radius 2 is 0.707 bits per heavy atom. The molecule has 0 aliphatic carbocycles. The number of hydrogen-bond donors (Lipinski definition) is 0. The van der Waals surface area contributed by atoms with Gasteiger partial charge in [0.2, 0.25) is 0 Å². The largest absolute Gasteiger partial charge is 0.307 e. The molecule has 2 aliphatic rings. The lowest BCUT2D eigenvalue weighted by molar-refractivity contribution is 1.08. The molecule has 350 valence electrons. The van der Waals surface area contributed by atoms with Crippen LogP contribution in [0.4, 0.5) is 0 Å². The molecule has 75 heavy (non-hydrogen) atoms. The van der Waals surface area contributed by atoms with Crippen LogP contribution in [0.25, 0.3) is 133 Å². The molecule has 0 saturated heterocycles. The van der Waals surface area contributed by atoms with Crippen LogP contribution < -0.4 is 16.4 Å². The highest BCUT2D eigenvalue weighted by Gasteiger charge is 2.44. The van der Waals surface area contributed by atoms with Gasteiger partial charge in [-0.2, -0.15) is 0 Å². The second-order valence-corrected chi connectivity index (χ2v) is 21.0. The van der Waals surface area contributed by atoms with Crippen molar-refractivity contribution in [2.45, 2.75) is 27.7 Å². The van der Waals surface area contributed by atoms with Gasteiger partial charge in [-0.1, -0.05) is 176 Å². The molecule has 0 fully saturated rings. The zero-order valence-corrected chi connectivity index (χ0v) is 41.8. The van der Waals surface area contributed by atoms with E-state index in [0.29, 0.717) is 0 Å². The van der Waals surface area contributed by atoms with Crippen molar-refractivity contribution in [2.75, 3.05) is 0 Å². The Bertz CT molecular complexity index is 4710. The maximum atomic E-state index is 6.04. The van der Waals surface area contributed by atoms with Crippen LogP contribution in [-0.2, 0) is 0 Å². The summed E-state index contributed by atoms with van der Waals surface area (Å²) < 4.78 is 10.1. The molecule has 0 N–H and O–H groups in total. The van der Waals surface area contributed by atoms with Gasteiger partial charge in [0.15, 0.2) is 0 Å². The number of benzene rings is 11. The molecule has 2 aliphatic heterocycles. The molecule has 15 aromatic rings. The lowest BCUT2D eigenvalue weighted by Crippen LogP contribution is -2.59. The summed E-state index contributed by atoms with van der Waals surface area (Å²) in [4.78, 5) is 12.1. The van der Waals surface area contributed by atoms with Gasteiger partial charge in [-0.05, 0) is 112 Å². The lowest BCUT2D eigenvalue weighted by atomic mass is 9.34. The summed E-state index contributed by atoms with van der Waals surface area (Å²) in [6.07, 6.45) is 0. The van der Waals surface area contributed by atoms with Gasteiger partial charge in [0.1, 0.15) is 22.7 Å². The van der Waals surface area contributed by atoms with Crippen molar-refractivity contribution in [2.24, 2.45) is 0 Å². The summed E-state index contributed by atoms with van der Waals surface area (Å²) in [7, 11) is 0. The minimum absolute atomic E-state index is 0.159. The van der Waals surface area contributed by atoms with Crippen molar-refractivity contribution in [3.63, 3.8) is 0 Å². The number of nitrogens with zero attached hydrogens (tertiary/aromatic N) is 6. The molecule has 0 atom stereocenters. The SMILES string of the molecule is Cc1cccc(C)c1-n1c2ccccc2c2cc3c4c(nc(-c5cccc6ccccc56)n4-c4cccc5c4B3c3cc4c6ccccc6n(-c6c(C)cccc6C)c4c4nc(-c6cccc7ccccc67)n-5c34)c21. The maximum absolute atomic E-state index is 6.04. The Labute approximate surface area is 432 Å². The van der Waals surface area contributed by atoms with Crippen molar-refractivity contribution in [3.05, 3.63) is 222 Å². The lowest BCUT2D eigenvalue weighted by Gasteiger charge is -2.33. The predicted octanol–water partition coefficient (Wildman–Crippen LogP) is 14.6. The summed E-state index contributed by atoms with van der Waals surface area (Å²) in [6.45, 7) is 8.81. The first-order valence-corrected chi connectivity index (χ1v) is 26.1. The van der Waals surface area contributed by atoms with Crippen molar-refractivity contribution in [1.82, 2.24) is 28.2 Å². The number of imidazole rings is 2. The number of aromatic nitrogens is 6. The summed E-state index contributed by atoms with van der Waals surface area (Å²) in [5.74, 6) is 1.87. The molecule has 6 heterocycles. The number of rotatable bonds is 4. The summed E-state index contributed by atoms with van der Waals surface area (Å²) in [6, 6.07) is 74.2. The number of hydrogen-bond acceptors (Lipinski definition) is 2. The Hall–Kier alpha value is -9.46. The van der Waals surface area contributed by atoms with Gasteiger partial charge >= 0.3 is 0 Å². The Balaban J connectivity index is 1.10. The van der Waals surface area contributed by atoms with E-state index in [1.54, 1.807) is 0 Å². The predicted molar refractivity (Wildman–Crippen MR) is 314 cm³/mol. The van der Waals surface area contributed by atoms with Crippen LogP contribution in [-0.4, -0.2) is 34.9 Å². The van der Waals surface area contributed by atoms with Crippen LogP contribution in [0.1, 0.15) is 22.3 Å². The van der Waals surface area contributed by atoms with Gasteiger partial charge in [-0.25, -0.2) is 9.97 Å². The molecule has 11 aromatic carbocycles. The fourth-order valence-electron chi connectivity index (χ4n) is 14.0. The first-order valence-electron chi connectivity index (χ1n) is 26.1. The first kappa shape index (κ1) is 41.1. The average molecular weight is 957 g/mol. The van der Waals surface area contributed by atoms with Gasteiger partial charge in [-0.15, -0.1) is 0 Å². The van der Waals surface area contributed by atoms with Gasteiger partial charge in [0.25, 0.3) is 6.71 Å². The molecule has 0 bridgehead atoms. The second kappa shape index (κ2) is 14.6. The molecule has 0 radical (unpaired) electrons. The summed E-state index contributed by atoms with van der Waals surface area (Å²) in [5, 5.41) is 9.55. The van der Waals surface area contributed by atoms with Crippen molar-refractivity contribution in [3.8, 4) is 45.5 Å². The van der Waals surface area contributed by atoms with Gasteiger partial charge in [0.05, 0.1) is 44.5 Å². The third-order valence-electron chi connectivity index (χ3n) is 17.0. The standard InChI is InChI=1S/C68H45BN6/c1-38-18-13-19-39(2)61(38)72-54-32-11-9-28-46(54)50-36-52-65-59(63(50)72)70-67(48-30-15-24-42-22-5-7-26-44(42)48)74(65)56-34-17-35-57-58(56)69(52)53-37-51-47-29-10-12-33-55(47)73(62-40(3)20-14-21-41(62)4)64(51)60-66(53)75(57)68(71-60)49-31-16-25-43-23-6-8-27-45(43)49/h5-37H,1-4H3. The van der Waals surface area contributed by atoms with Crippen LogP contribution >= 0.6 is 0 Å². The minimum Gasteiger partial charge on any atom is -0.307 e. The van der Waals surface area contributed by atoms with Crippen molar-refractivity contribution < 1.29 is 0 Å². The van der Waals surface area contributed by atoms with E-state index in [-0.39, 0.29) is 6.71 Å². The highest BCUT2D eigenvalue weighted by molar-refractivity contribution is 7.00. The molecule has 0 saturated carbocycles. The first-order chi connectivity index (χ1) is 36.9. The summed E-state index contributed by atoms with van der Waals surface area (Å²) >= 11 is 0. The average Bonchev–Trinajstić information content (AvgIpc) is 4.41. The molecule has 17 rings (SSSR count). The van der Waals surface area contributed by atoms with E-state index in [1.165, 1.54) is 104 Å². The highest BCUT2D eigenvalue weighted by atomic mass is 15.1. The van der Waals surface area contributed by atoms with Crippen molar-refractivity contribution in [1.29, 1.82) is 0 Å². The quantitative estimate of drug-likeness (QED) is 0.165. The molecule has 0 spiro atoms. The fraction of sp³-hybridized carbons (Fsp3) is 0.0588. The van der Waals surface area contributed by atoms with Gasteiger partial charge in [-0.3, -0.25) is 9.13 Å². The number of aryl methyl sites for hydroxylation is 4. The minimum atomic E-state index is -0.159. The van der Waals surface area contributed by atoms with E-state index in [1.807, 2.05) is 0 Å². The molecule has 4 aromatic heterocycles. The molecular weight excluding hydrogens is 912 g/mol. The zero-order valence-electron chi connectivity index (χ0n) is 41.8. The molecule has 7 heteroatoms. The van der Waals surface area contributed by atoms with Crippen LogP contribution in [0.15, 0.2) is 200 Å². The van der Waals surface area contributed by atoms with Crippen molar-refractivity contribution >= 4 is 110 Å². The topological polar surface area (TPSA) is 45.5 Å². The Kier molecular flexibility index (Phi) is 8.00.